The minimum absolute atomic E-state index is 0.00861. The molecule has 0 saturated carbocycles. The number of rotatable bonds is 5. The Kier molecular flexibility index (Phi) is 4.82. The van der Waals surface area contributed by atoms with E-state index >= 15 is 0 Å². The molecular formula is C16H17F2NO. The molecule has 0 fully saturated rings. The average Bonchev–Trinajstić information content (AvgIpc) is 2.46. The number of nitrogens with one attached hydrogen (secondary N) is 1. The first-order valence-electron chi connectivity index (χ1n) is 6.48. The van der Waals surface area contributed by atoms with Crippen LogP contribution in [0.2, 0.25) is 0 Å². The van der Waals surface area contributed by atoms with Crippen LogP contribution in [0.25, 0.3) is 0 Å². The maximum Gasteiger partial charge on any atom is 0.123 e. The van der Waals surface area contributed by atoms with E-state index in [9.17, 15) is 13.9 Å². The molecule has 0 radical (unpaired) electrons. The van der Waals surface area contributed by atoms with Crippen LogP contribution in [0.3, 0.4) is 0 Å². The lowest BCUT2D eigenvalue weighted by Crippen LogP contribution is -2.24. The number of benzene rings is 2. The Labute approximate surface area is 117 Å². The first-order valence-corrected chi connectivity index (χ1v) is 6.48. The highest BCUT2D eigenvalue weighted by Gasteiger charge is 2.10. The number of aliphatic hydroxyl groups excluding tert-OH is 1. The summed E-state index contributed by atoms with van der Waals surface area (Å²) < 4.78 is 25.6. The Morgan fingerprint density at radius 3 is 1.85 bits per heavy atom. The zero-order valence-electron chi connectivity index (χ0n) is 11.2. The van der Waals surface area contributed by atoms with Crippen molar-refractivity contribution in [1.82, 2.24) is 5.32 Å². The van der Waals surface area contributed by atoms with Crippen molar-refractivity contribution in [3.63, 3.8) is 0 Å². The smallest absolute Gasteiger partial charge is 0.123 e. The Hall–Kier alpha value is -1.78. The van der Waals surface area contributed by atoms with Gasteiger partial charge in [-0.3, -0.25) is 0 Å². The van der Waals surface area contributed by atoms with Crippen LogP contribution in [0.5, 0.6) is 0 Å². The van der Waals surface area contributed by atoms with Gasteiger partial charge in [-0.1, -0.05) is 24.3 Å². The van der Waals surface area contributed by atoms with Crippen molar-refractivity contribution in [2.75, 3.05) is 6.54 Å². The Morgan fingerprint density at radius 2 is 1.35 bits per heavy atom. The van der Waals surface area contributed by atoms with Gasteiger partial charge in [0, 0.05) is 12.6 Å². The van der Waals surface area contributed by atoms with Crippen molar-refractivity contribution >= 4 is 0 Å². The van der Waals surface area contributed by atoms with Gasteiger partial charge in [-0.15, -0.1) is 0 Å². The molecule has 0 spiro atoms. The summed E-state index contributed by atoms with van der Waals surface area (Å²) in [6.07, 6.45) is -0.710. The zero-order chi connectivity index (χ0) is 14.5. The van der Waals surface area contributed by atoms with E-state index in [4.69, 9.17) is 0 Å². The van der Waals surface area contributed by atoms with Gasteiger partial charge in [0.2, 0.25) is 0 Å². The highest BCUT2D eigenvalue weighted by molar-refractivity contribution is 5.21. The van der Waals surface area contributed by atoms with Crippen molar-refractivity contribution in [1.29, 1.82) is 0 Å². The summed E-state index contributed by atoms with van der Waals surface area (Å²) in [5.74, 6) is -0.596. The second-order valence-electron chi connectivity index (χ2n) is 4.75. The van der Waals surface area contributed by atoms with Crippen molar-refractivity contribution in [2.45, 2.75) is 19.1 Å². The summed E-state index contributed by atoms with van der Waals surface area (Å²) in [6.45, 7) is 2.27. The third-order valence-corrected chi connectivity index (χ3v) is 3.24. The topological polar surface area (TPSA) is 32.3 Å². The molecule has 0 saturated heterocycles. The molecule has 106 valence electrons. The Morgan fingerprint density at radius 1 is 0.900 bits per heavy atom. The molecule has 2 nitrogen and oxygen atoms in total. The second kappa shape index (κ2) is 6.59. The van der Waals surface area contributed by atoms with E-state index in [0.29, 0.717) is 12.1 Å². The second-order valence-corrected chi connectivity index (χ2v) is 4.75. The molecule has 0 bridgehead atoms. The fraction of sp³-hybridized carbons (Fsp3) is 0.250. The highest BCUT2D eigenvalue weighted by Crippen LogP contribution is 2.16. The highest BCUT2D eigenvalue weighted by atomic mass is 19.1. The van der Waals surface area contributed by atoms with Crippen LogP contribution in [0.4, 0.5) is 8.78 Å². The summed E-state index contributed by atoms with van der Waals surface area (Å²) in [6, 6.07) is 12.0. The van der Waals surface area contributed by atoms with E-state index in [1.54, 1.807) is 24.3 Å². The molecule has 2 atom stereocenters. The quantitative estimate of drug-likeness (QED) is 0.878. The third-order valence-electron chi connectivity index (χ3n) is 3.24. The van der Waals surface area contributed by atoms with Gasteiger partial charge < -0.3 is 10.4 Å². The van der Waals surface area contributed by atoms with Gasteiger partial charge in [-0.2, -0.15) is 0 Å². The molecule has 0 aliphatic carbocycles. The normalized spacial score (nSPS) is 14.0. The maximum atomic E-state index is 12.8. The maximum absolute atomic E-state index is 12.8. The van der Waals surface area contributed by atoms with Gasteiger partial charge in [0.05, 0.1) is 6.10 Å². The lowest BCUT2D eigenvalue weighted by atomic mass is 10.1. The minimum Gasteiger partial charge on any atom is -0.387 e. The number of hydrogen-bond donors (Lipinski definition) is 2. The van der Waals surface area contributed by atoms with E-state index in [1.165, 1.54) is 24.3 Å². The van der Waals surface area contributed by atoms with E-state index in [2.05, 4.69) is 5.32 Å². The van der Waals surface area contributed by atoms with Crippen LogP contribution < -0.4 is 5.32 Å². The van der Waals surface area contributed by atoms with Crippen LogP contribution in [0.15, 0.2) is 48.5 Å². The van der Waals surface area contributed by atoms with E-state index in [1.807, 2.05) is 6.92 Å². The van der Waals surface area contributed by atoms with Gasteiger partial charge in [0.25, 0.3) is 0 Å². The van der Waals surface area contributed by atoms with Crippen molar-refractivity contribution in [3.8, 4) is 0 Å². The SMILES string of the molecule is C[C@H](NCC(O)c1ccc(F)cc1)c1ccc(F)cc1. The predicted molar refractivity (Wildman–Crippen MR) is 74.2 cm³/mol. The predicted octanol–water partition coefficient (Wildman–Crippen LogP) is 3.35. The summed E-state index contributed by atoms with van der Waals surface area (Å²) in [7, 11) is 0. The molecule has 2 N–H and O–H groups in total. The Bertz CT molecular complexity index is 488. The molecule has 2 aromatic carbocycles. The standard InChI is InChI=1S/C16H17F2NO/c1-11(12-2-6-14(17)7-3-12)19-10-16(20)13-4-8-15(18)9-5-13/h2-9,11,16,19-20H,10H2,1H3/t11-,16?/m0/s1. The molecule has 1 unspecified atom stereocenters. The lowest BCUT2D eigenvalue weighted by molar-refractivity contribution is 0.170. The largest absolute Gasteiger partial charge is 0.387 e. The molecule has 20 heavy (non-hydrogen) atoms. The molecule has 2 rings (SSSR count). The summed E-state index contributed by atoms with van der Waals surface area (Å²) in [5.41, 5.74) is 1.60. The van der Waals surface area contributed by atoms with E-state index in [-0.39, 0.29) is 17.7 Å². The van der Waals surface area contributed by atoms with Gasteiger partial charge in [-0.05, 0) is 42.3 Å². The fourth-order valence-corrected chi connectivity index (χ4v) is 1.96. The third kappa shape index (κ3) is 3.85. The first kappa shape index (κ1) is 14.6. The van der Waals surface area contributed by atoms with Crippen LogP contribution in [-0.4, -0.2) is 11.7 Å². The van der Waals surface area contributed by atoms with Crippen molar-refractivity contribution in [2.24, 2.45) is 0 Å². The minimum atomic E-state index is -0.710. The van der Waals surface area contributed by atoms with Crippen LogP contribution in [-0.2, 0) is 0 Å². The lowest BCUT2D eigenvalue weighted by Gasteiger charge is -2.17. The molecule has 0 aliphatic heterocycles. The van der Waals surface area contributed by atoms with Crippen molar-refractivity contribution in [3.05, 3.63) is 71.3 Å². The van der Waals surface area contributed by atoms with Crippen molar-refractivity contribution < 1.29 is 13.9 Å². The van der Waals surface area contributed by atoms with E-state index < -0.39 is 6.10 Å². The van der Waals surface area contributed by atoms with Gasteiger partial charge in [-0.25, -0.2) is 8.78 Å². The summed E-state index contributed by atoms with van der Waals surface area (Å²) >= 11 is 0. The number of hydrogen-bond acceptors (Lipinski definition) is 2. The molecule has 2 aromatic rings. The summed E-state index contributed by atoms with van der Waals surface area (Å²) in [5, 5.41) is 13.2. The van der Waals surface area contributed by atoms with Crippen LogP contribution in [0, 0.1) is 11.6 Å². The summed E-state index contributed by atoms with van der Waals surface area (Å²) in [4.78, 5) is 0. The van der Waals surface area contributed by atoms with Gasteiger partial charge in [0.1, 0.15) is 11.6 Å². The molecule has 4 heteroatoms. The average molecular weight is 277 g/mol. The van der Waals surface area contributed by atoms with E-state index in [0.717, 1.165) is 5.56 Å². The monoisotopic (exact) mass is 277 g/mol. The van der Waals surface area contributed by atoms with Gasteiger partial charge in [0.15, 0.2) is 0 Å². The molecule has 0 heterocycles. The fourth-order valence-electron chi connectivity index (χ4n) is 1.96. The molecule has 0 amide bonds. The first-order chi connectivity index (χ1) is 9.56. The molecule has 0 aliphatic rings. The van der Waals surface area contributed by atoms with Crippen LogP contribution in [0.1, 0.15) is 30.2 Å². The zero-order valence-corrected chi connectivity index (χ0v) is 11.2. The molecule has 0 aromatic heterocycles. The van der Waals surface area contributed by atoms with Gasteiger partial charge >= 0.3 is 0 Å². The number of aliphatic hydroxyl groups is 1. The Balaban J connectivity index is 1.91. The number of halogens is 2. The molecular weight excluding hydrogens is 260 g/mol. The van der Waals surface area contributed by atoms with Crippen LogP contribution >= 0.6 is 0 Å².